The van der Waals surface area contributed by atoms with Crippen molar-refractivity contribution >= 4 is 12.0 Å². The molecule has 0 heterocycles. The van der Waals surface area contributed by atoms with Gasteiger partial charge in [0.2, 0.25) is 0 Å². The number of amides is 2. The Morgan fingerprint density at radius 2 is 1.63 bits per heavy atom. The summed E-state index contributed by atoms with van der Waals surface area (Å²) in [4.78, 5) is 26.9. The third-order valence-electron chi connectivity index (χ3n) is 6.98. The number of alkyl halides is 2. The van der Waals surface area contributed by atoms with Gasteiger partial charge in [0.1, 0.15) is 11.5 Å². The molecule has 208 valence electrons. The predicted molar refractivity (Wildman–Crippen MR) is 141 cm³/mol. The molecule has 1 aliphatic carbocycles. The SMILES string of the molecule is CCOc1cc(C(C)N(CCCCc2ccccc2)C(=O)NC2(C(=O)O)CC(F)(F)C2)cc(OCC)c1C. The summed E-state index contributed by atoms with van der Waals surface area (Å²) in [6, 6.07) is 12.5. The molecular weight excluding hydrogens is 494 g/mol. The van der Waals surface area contributed by atoms with E-state index < -0.39 is 42.3 Å². The molecule has 1 aliphatic rings. The molecule has 0 spiro atoms. The van der Waals surface area contributed by atoms with E-state index in [4.69, 9.17) is 9.47 Å². The third-order valence-corrected chi connectivity index (χ3v) is 6.98. The predicted octanol–water partition coefficient (Wildman–Crippen LogP) is 6.14. The lowest BCUT2D eigenvalue weighted by molar-refractivity contribution is -0.175. The number of nitrogens with one attached hydrogen (secondary N) is 1. The van der Waals surface area contributed by atoms with Gasteiger partial charge < -0.3 is 24.8 Å². The molecule has 2 N–H and O–H groups in total. The maximum Gasteiger partial charge on any atom is 0.329 e. The summed E-state index contributed by atoms with van der Waals surface area (Å²) in [5.41, 5.74) is 0.774. The van der Waals surface area contributed by atoms with Crippen molar-refractivity contribution < 1.29 is 33.0 Å². The number of aryl methyl sites for hydroxylation is 1. The van der Waals surface area contributed by atoms with E-state index >= 15 is 0 Å². The molecule has 2 aromatic rings. The number of ether oxygens (including phenoxy) is 2. The number of unbranched alkanes of at least 4 members (excludes halogenated alkanes) is 1. The lowest BCUT2D eigenvalue weighted by atomic mass is 9.73. The van der Waals surface area contributed by atoms with Crippen molar-refractivity contribution in [3.63, 3.8) is 0 Å². The number of aliphatic carboxylic acids is 1. The maximum atomic E-state index is 13.7. The maximum absolute atomic E-state index is 13.7. The van der Waals surface area contributed by atoms with Crippen LogP contribution in [0, 0.1) is 6.92 Å². The zero-order valence-corrected chi connectivity index (χ0v) is 22.6. The van der Waals surface area contributed by atoms with E-state index in [0.717, 1.165) is 24.0 Å². The first-order valence-electron chi connectivity index (χ1n) is 13.2. The molecular formula is C29H38F2N2O5. The van der Waals surface area contributed by atoms with Gasteiger partial charge in [-0.2, -0.15) is 0 Å². The van der Waals surface area contributed by atoms with Crippen molar-refractivity contribution in [1.29, 1.82) is 0 Å². The summed E-state index contributed by atoms with van der Waals surface area (Å²) in [6.07, 6.45) is 0.412. The Morgan fingerprint density at radius 3 is 2.13 bits per heavy atom. The Bertz CT molecular complexity index is 1070. The van der Waals surface area contributed by atoms with Crippen LogP contribution < -0.4 is 14.8 Å². The van der Waals surface area contributed by atoms with Crippen LogP contribution in [0.4, 0.5) is 13.6 Å². The van der Waals surface area contributed by atoms with E-state index in [-0.39, 0.29) is 0 Å². The van der Waals surface area contributed by atoms with Crippen molar-refractivity contribution in [3.05, 3.63) is 59.2 Å². The standard InChI is InChI=1S/C29H38F2N2O5/c1-5-37-24-16-23(17-25(20(24)3)38-6-2)21(4)33(15-11-10-14-22-12-8-7-9-13-22)27(36)32-28(26(34)35)18-29(30,31)19-28/h7-9,12-13,16-17,21H,5-6,10-11,14-15,18-19H2,1-4H3,(H,32,36)(H,34,35). The number of hydrogen-bond acceptors (Lipinski definition) is 4. The lowest BCUT2D eigenvalue weighted by Crippen LogP contribution is -2.68. The van der Waals surface area contributed by atoms with Gasteiger partial charge in [0.15, 0.2) is 5.54 Å². The Hall–Kier alpha value is -3.36. The van der Waals surface area contributed by atoms with E-state index in [9.17, 15) is 23.5 Å². The first kappa shape index (κ1) is 29.2. The Balaban J connectivity index is 1.85. The van der Waals surface area contributed by atoms with Gasteiger partial charge in [-0.3, -0.25) is 0 Å². The molecule has 9 heteroatoms. The molecule has 38 heavy (non-hydrogen) atoms. The Labute approximate surface area is 223 Å². The number of benzene rings is 2. The van der Waals surface area contributed by atoms with Crippen LogP contribution in [0.15, 0.2) is 42.5 Å². The summed E-state index contributed by atoms with van der Waals surface area (Å²) >= 11 is 0. The van der Waals surface area contributed by atoms with Gasteiger partial charge in [-0.15, -0.1) is 0 Å². The van der Waals surface area contributed by atoms with Gasteiger partial charge >= 0.3 is 12.0 Å². The molecule has 7 nitrogen and oxygen atoms in total. The first-order chi connectivity index (χ1) is 18.0. The minimum Gasteiger partial charge on any atom is -0.493 e. The third kappa shape index (κ3) is 6.94. The van der Waals surface area contributed by atoms with Crippen LogP contribution >= 0.6 is 0 Å². The van der Waals surface area contributed by atoms with Crippen LogP contribution in [0.3, 0.4) is 0 Å². The number of carbonyl (C=O) groups excluding carboxylic acids is 1. The second-order valence-electron chi connectivity index (χ2n) is 9.85. The highest BCUT2D eigenvalue weighted by Gasteiger charge is 2.62. The average molecular weight is 533 g/mol. The van der Waals surface area contributed by atoms with Crippen LogP contribution in [-0.2, 0) is 11.2 Å². The molecule has 1 unspecified atom stereocenters. The number of carbonyl (C=O) groups is 2. The number of rotatable bonds is 13. The number of carboxylic acids is 1. The second kappa shape index (κ2) is 12.5. The fourth-order valence-corrected chi connectivity index (χ4v) is 4.84. The second-order valence-corrected chi connectivity index (χ2v) is 9.85. The fourth-order valence-electron chi connectivity index (χ4n) is 4.84. The molecule has 0 aromatic heterocycles. The van der Waals surface area contributed by atoms with E-state index in [1.165, 1.54) is 10.5 Å². The van der Waals surface area contributed by atoms with Gasteiger partial charge in [-0.1, -0.05) is 30.3 Å². The van der Waals surface area contributed by atoms with Crippen LogP contribution in [0.2, 0.25) is 0 Å². The van der Waals surface area contributed by atoms with E-state index in [1.807, 2.05) is 70.2 Å². The minimum absolute atomic E-state index is 0.313. The minimum atomic E-state index is -3.12. The highest BCUT2D eigenvalue weighted by Crippen LogP contribution is 2.46. The number of nitrogens with zero attached hydrogens (tertiary/aromatic N) is 1. The fraction of sp³-hybridized carbons (Fsp3) is 0.517. The molecule has 3 rings (SSSR count). The number of hydrogen-bond donors (Lipinski definition) is 2. The summed E-state index contributed by atoms with van der Waals surface area (Å²) in [5.74, 6) is -3.31. The van der Waals surface area contributed by atoms with Crippen molar-refractivity contribution in [3.8, 4) is 11.5 Å². The van der Waals surface area contributed by atoms with Crippen LogP contribution in [0.1, 0.15) is 69.2 Å². The quantitative estimate of drug-likeness (QED) is 0.303. The molecule has 0 radical (unpaired) electrons. The van der Waals surface area contributed by atoms with E-state index in [0.29, 0.717) is 37.7 Å². The smallest absolute Gasteiger partial charge is 0.329 e. The van der Waals surface area contributed by atoms with E-state index in [2.05, 4.69) is 5.32 Å². The van der Waals surface area contributed by atoms with Crippen LogP contribution in [0.25, 0.3) is 0 Å². The molecule has 1 atom stereocenters. The molecule has 0 aliphatic heterocycles. The van der Waals surface area contributed by atoms with Gasteiger partial charge in [-0.25, -0.2) is 18.4 Å². The first-order valence-corrected chi connectivity index (χ1v) is 13.2. The van der Waals surface area contributed by atoms with Gasteiger partial charge in [0.25, 0.3) is 5.92 Å². The average Bonchev–Trinajstić information content (AvgIpc) is 2.85. The van der Waals surface area contributed by atoms with Crippen molar-refractivity contribution in [1.82, 2.24) is 10.2 Å². The van der Waals surface area contributed by atoms with Crippen LogP contribution in [-0.4, -0.2) is 53.2 Å². The van der Waals surface area contributed by atoms with E-state index in [1.54, 1.807) is 0 Å². The van der Waals surface area contributed by atoms with Crippen LogP contribution in [0.5, 0.6) is 11.5 Å². The summed E-state index contributed by atoms with van der Waals surface area (Å²) in [5, 5.41) is 12.1. The zero-order chi connectivity index (χ0) is 27.9. The summed E-state index contributed by atoms with van der Waals surface area (Å²) in [7, 11) is 0. The Kier molecular flexibility index (Phi) is 9.57. The molecule has 0 saturated heterocycles. The molecule has 1 saturated carbocycles. The molecule has 0 bridgehead atoms. The number of urea groups is 1. The van der Waals surface area contributed by atoms with Crippen molar-refractivity contribution in [2.24, 2.45) is 0 Å². The summed E-state index contributed by atoms with van der Waals surface area (Å²) in [6.45, 7) is 8.69. The van der Waals surface area contributed by atoms with Crippen molar-refractivity contribution in [2.75, 3.05) is 19.8 Å². The van der Waals surface area contributed by atoms with Gasteiger partial charge in [0.05, 0.1) is 19.3 Å². The van der Waals surface area contributed by atoms with Gasteiger partial charge in [-0.05, 0) is 70.2 Å². The highest BCUT2D eigenvalue weighted by atomic mass is 19.3. The van der Waals surface area contributed by atoms with Gasteiger partial charge in [0, 0.05) is 24.9 Å². The normalized spacial score (nSPS) is 16.2. The zero-order valence-electron chi connectivity index (χ0n) is 22.6. The number of halogens is 2. The topological polar surface area (TPSA) is 88.1 Å². The number of carboxylic acid groups (broad SMARTS) is 1. The molecule has 1 fully saturated rings. The molecule has 2 aromatic carbocycles. The molecule has 2 amide bonds. The van der Waals surface area contributed by atoms with Crippen molar-refractivity contribution in [2.45, 2.75) is 77.3 Å². The largest absolute Gasteiger partial charge is 0.493 e. The Morgan fingerprint density at radius 1 is 1.05 bits per heavy atom. The monoisotopic (exact) mass is 532 g/mol. The highest BCUT2D eigenvalue weighted by molar-refractivity contribution is 5.88. The lowest BCUT2D eigenvalue weighted by Gasteiger charge is -2.45. The summed E-state index contributed by atoms with van der Waals surface area (Å²) < 4.78 is 39.0.